The molecule has 1 aromatic carbocycles. The van der Waals surface area contributed by atoms with E-state index in [0.29, 0.717) is 24.5 Å². The van der Waals surface area contributed by atoms with Gasteiger partial charge in [-0.25, -0.2) is 0 Å². The quantitative estimate of drug-likeness (QED) is 0.489. The maximum Gasteiger partial charge on any atom is 0.123 e. The Morgan fingerprint density at radius 1 is 1.22 bits per heavy atom. The van der Waals surface area contributed by atoms with Crippen LogP contribution in [0.5, 0.6) is 11.5 Å². The number of rotatable bonds is 12. The summed E-state index contributed by atoms with van der Waals surface area (Å²) in [6, 6.07) is 5.56. The van der Waals surface area contributed by atoms with Gasteiger partial charge in [-0.15, -0.1) is 0 Å². The Morgan fingerprint density at radius 2 is 1.96 bits per heavy atom. The largest absolute Gasteiger partial charge is 0.508 e. The van der Waals surface area contributed by atoms with E-state index in [4.69, 9.17) is 10.5 Å². The molecule has 1 aliphatic rings. The van der Waals surface area contributed by atoms with Crippen LogP contribution in [-0.4, -0.2) is 28.5 Å². The fourth-order valence-corrected chi connectivity index (χ4v) is 3.83. The van der Waals surface area contributed by atoms with Crippen LogP contribution in [0.2, 0.25) is 0 Å². The summed E-state index contributed by atoms with van der Waals surface area (Å²) in [5, 5.41) is 20.1. The van der Waals surface area contributed by atoms with E-state index in [1.54, 1.807) is 6.07 Å². The lowest BCUT2D eigenvalue weighted by Gasteiger charge is -2.35. The second-order valence-corrected chi connectivity index (χ2v) is 9.07. The number of benzene rings is 1. The summed E-state index contributed by atoms with van der Waals surface area (Å²) in [6.45, 7) is 6.55. The Bertz CT molecular complexity index is 571. The summed E-state index contributed by atoms with van der Waals surface area (Å²) in [5.41, 5.74) is 6.74. The van der Waals surface area contributed by atoms with E-state index in [0.717, 1.165) is 30.7 Å². The van der Waals surface area contributed by atoms with E-state index in [1.165, 1.54) is 25.7 Å². The van der Waals surface area contributed by atoms with Gasteiger partial charge < -0.3 is 20.7 Å². The zero-order chi connectivity index (χ0) is 19.9. The summed E-state index contributed by atoms with van der Waals surface area (Å²) >= 11 is 0. The molecule has 0 aromatic heterocycles. The minimum atomic E-state index is -0.544. The van der Waals surface area contributed by atoms with Gasteiger partial charge in [0, 0.05) is 11.6 Å². The number of hydrogen-bond acceptors (Lipinski definition) is 4. The molecule has 0 saturated heterocycles. The van der Waals surface area contributed by atoms with Crippen LogP contribution in [0.25, 0.3) is 0 Å². The van der Waals surface area contributed by atoms with Crippen molar-refractivity contribution in [1.82, 2.24) is 0 Å². The molecule has 1 unspecified atom stereocenters. The summed E-state index contributed by atoms with van der Waals surface area (Å²) < 4.78 is 5.95. The monoisotopic (exact) mass is 377 g/mol. The second kappa shape index (κ2) is 10.3. The number of hydrogen-bond donors (Lipinski definition) is 3. The molecule has 1 saturated carbocycles. The molecule has 27 heavy (non-hydrogen) atoms. The summed E-state index contributed by atoms with van der Waals surface area (Å²) in [4.78, 5) is 0. The van der Waals surface area contributed by atoms with E-state index < -0.39 is 5.54 Å². The number of nitrogens with two attached hydrogens (primary N) is 1. The highest BCUT2D eigenvalue weighted by molar-refractivity contribution is 5.40. The van der Waals surface area contributed by atoms with E-state index in [9.17, 15) is 10.2 Å². The third kappa shape index (κ3) is 7.34. The molecule has 0 heterocycles. The van der Waals surface area contributed by atoms with E-state index in [-0.39, 0.29) is 18.5 Å². The standard InChI is InChI=1S/C23H39NO3/c1-17(2)6-4-7-18(3)27-21-11-10-20(22(26)14-21)12-13-23(24,16-25)15-19-8-5-9-19/h10-11,14,17-19,25-26H,4-9,12-13,15-16,24H2,1-3H3/t18?,23-/m0/s1. The van der Waals surface area contributed by atoms with Crippen LogP contribution in [0.4, 0.5) is 0 Å². The van der Waals surface area contributed by atoms with Crippen molar-refractivity contribution >= 4 is 0 Å². The highest BCUT2D eigenvalue weighted by atomic mass is 16.5. The molecule has 4 N–H and O–H groups in total. The third-order valence-corrected chi connectivity index (χ3v) is 5.91. The number of ether oxygens (including phenoxy) is 1. The zero-order valence-electron chi connectivity index (χ0n) is 17.4. The van der Waals surface area contributed by atoms with E-state index >= 15 is 0 Å². The van der Waals surface area contributed by atoms with Crippen molar-refractivity contribution in [2.24, 2.45) is 17.6 Å². The predicted molar refractivity (Wildman–Crippen MR) is 111 cm³/mol. The summed E-state index contributed by atoms with van der Waals surface area (Å²) in [5.74, 6) is 2.34. The van der Waals surface area contributed by atoms with Gasteiger partial charge in [0.25, 0.3) is 0 Å². The first-order chi connectivity index (χ1) is 12.8. The molecule has 4 heteroatoms. The molecule has 0 bridgehead atoms. The van der Waals surface area contributed by atoms with Crippen LogP contribution >= 0.6 is 0 Å². The van der Waals surface area contributed by atoms with Gasteiger partial charge in [-0.3, -0.25) is 0 Å². The fraction of sp³-hybridized carbons (Fsp3) is 0.739. The molecule has 0 radical (unpaired) electrons. The average Bonchev–Trinajstić information content (AvgIpc) is 2.57. The molecule has 4 nitrogen and oxygen atoms in total. The lowest BCUT2D eigenvalue weighted by Crippen LogP contribution is -2.46. The van der Waals surface area contributed by atoms with Gasteiger partial charge in [0.1, 0.15) is 11.5 Å². The van der Waals surface area contributed by atoms with Gasteiger partial charge in [-0.1, -0.05) is 45.6 Å². The second-order valence-electron chi connectivity index (χ2n) is 9.07. The molecule has 0 aliphatic heterocycles. The molecule has 2 rings (SSSR count). The lowest BCUT2D eigenvalue weighted by molar-refractivity contribution is 0.135. The SMILES string of the molecule is CC(C)CCCC(C)Oc1ccc(CC[C@@](N)(CO)CC2CCC2)c(O)c1. The predicted octanol–water partition coefficient (Wildman–Crippen LogP) is 4.80. The Balaban J connectivity index is 1.84. The summed E-state index contributed by atoms with van der Waals surface area (Å²) in [6.07, 6.45) is 9.49. The van der Waals surface area contributed by atoms with Crippen molar-refractivity contribution in [1.29, 1.82) is 0 Å². The minimum absolute atomic E-state index is 0.000646. The Kier molecular flexibility index (Phi) is 8.43. The Labute approximate surface area is 165 Å². The summed E-state index contributed by atoms with van der Waals surface area (Å²) in [7, 11) is 0. The lowest BCUT2D eigenvalue weighted by atomic mass is 9.75. The van der Waals surface area contributed by atoms with Crippen LogP contribution in [0.1, 0.15) is 77.7 Å². The van der Waals surface area contributed by atoms with Crippen LogP contribution < -0.4 is 10.5 Å². The van der Waals surface area contributed by atoms with E-state index in [2.05, 4.69) is 20.8 Å². The number of phenols is 1. The fourth-order valence-electron chi connectivity index (χ4n) is 3.83. The Morgan fingerprint density at radius 3 is 2.52 bits per heavy atom. The van der Waals surface area contributed by atoms with Crippen LogP contribution in [0.3, 0.4) is 0 Å². The molecular formula is C23H39NO3. The maximum absolute atomic E-state index is 10.4. The Hall–Kier alpha value is -1.26. The van der Waals surface area contributed by atoms with Gasteiger partial charge in [0.15, 0.2) is 0 Å². The van der Waals surface area contributed by atoms with Gasteiger partial charge >= 0.3 is 0 Å². The first-order valence-electron chi connectivity index (χ1n) is 10.7. The third-order valence-electron chi connectivity index (χ3n) is 5.91. The molecule has 1 aromatic rings. The maximum atomic E-state index is 10.4. The first kappa shape index (κ1) is 22.0. The molecule has 154 valence electrons. The zero-order valence-corrected chi connectivity index (χ0v) is 17.4. The number of aliphatic hydroxyl groups is 1. The van der Waals surface area contributed by atoms with Crippen LogP contribution in [0, 0.1) is 11.8 Å². The highest BCUT2D eigenvalue weighted by Crippen LogP contribution is 2.35. The van der Waals surface area contributed by atoms with Crippen molar-refractivity contribution in [3.8, 4) is 11.5 Å². The first-order valence-corrected chi connectivity index (χ1v) is 10.7. The van der Waals surface area contributed by atoms with Crippen molar-refractivity contribution in [2.45, 2.75) is 90.2 Å². The molecule has 0 amide bonds. The normalized spacial score (nSPS) is 18.1. The average molecular weight is 378 g/mol. The van der Waals surface area contributed by atoms with Gasteiger partial charge in [-0.05, 0) is 62.5 Å². The van der Waals surface area contributed by atoms with Crippen LogP contribution in [-0.2, 0) is 6.42 Å². The van der Waals surface area contributed by atoms with Gasteiger partial charge in [0.2, 0.25) is 0 Å². The smallest absolute Gasteiger partial charge is 0.123 e. The number of phenolic OH excluding ortho intramolecular Hbond substituents is 1. The molecular weight excluding hydrogens is 338 g/mol. The topological polar surface area (TPSA) is 75.7 Å². The van der Waals surface area contributed by atoms with E-state index in [1.807, 2.05) is 12.1 Å². The molecule has 2 atom stereocenters. The number of aromatic hydroxyl groups is 1. The molecule has 0 spiro atoms. The minimum Gasteiger partial charge on any atom is -0.508 e. The van der Waals surface area contributed by atoms with Crippen molar-refractivity contribution in [3.05, 3.63) is 23.8 Å². The van der Waals surface area contributed by atoms with Gasteiger partial charge in [0.05, 0.1) is 12.7 Å². The highest BCUT2D eigenvalue weighted by Gasteiger charge is 2.31. The van der Waals surface area contributed by atoms with Crippen LogP contribution in [0.15, 0.2) is 18.2 Å². The van der Waals surface area contributed by atoms with Crippen molar-refractivity contribution in [3.63, 3.8) is 0 Å². The number of aryl methyl sites for hydroxylation is 1. The van der Waals surface area contributed by atoms with Gasteiger partial charge in [-0.2, -0.15) is 0 Å². The number of aliphatic hydroxyl groups excluding tert-OH is 1. The molecule has 1 fully saturated rings. The van der Waals surface area contributed by atoms with Crippen molar-refractivity contribution < 1.29 is 14.9 Å². The van der Waals surface area contributed by atoms with Crippen molar-refractivity contribution in [2.75, 3.05) is 6.61 Å². The molecule has 1 aliphatic carbocycles.